The summed E-state index contributed by atoms with van der Waals surface area (Å²) in [6.07, 6.45) is 0.932. The van der Waals surface area contributed by atoms with E-state index in [9.17, 15) is 9.90 Å². The third-order valence-corrected chi connectivity index (χ3v) is 4.16. The summed E-state index contributed by atoms with van der Waals surface area (Å²) in [6.45, 7) is 6.56. The van der Waals surface area contributed by atoms with Gasteiger partial charge in [-0.15, -0.1) is 0 Å². The van der Waals surface area contributed by atoms with Gasteiger partial charge >= 0.3 is 0 Å². The van der Waals surface area contributed by atoms with Gasteiger partial charge in [0.05, 0.1) is 25.3 Å². The number of hydrogen-bond acceptors (Lipinski definition) is 5. The zero-order valence-electron chi connectivity index (χ0n) is 14.6. The van der Waals surface area contributed by atoms with Crippen LogP contribution in [0.1, 0.15) is 30.6 Å². The molecule has 1 amide bonds. The van der Waals surface area contributed by atoms with Crippen molar-refractivity contribution in [3.05, 3.63) is 17.2 Å². The Balaban J connectivity index is 2.06. The fourth-order valence-corrected chi connectivity index (χ4v) is 2.77. The van der Waals surface area contributed by atoms with Gasteiger partial charge in [-0.05, 0) is 6.92 Å². The number of carbonyl (C=O) groups is 1. The molecule has 23 heavy (non-hydrogen) atoms. The van der Waals surface area contributed by atoms with Crippen LogP contribution in [-0.2, 0) is 22.5 Å². The van der Waals surface area contributed by atoms with Gasteiger partial charge < -0.3 is 19.7 Å². The topological polar surface area (TPSA) is 81.7 Å². The van der Waals surface area contributed by atoms with Crippen molar-refractivity contribution in [2.45, 2.75) is 38.8 Å². The molecule has 0 bridgehead atoms. The molecule has 0 unspecified atom stereocenters. The number of nitrogens with one attached hydrogen (secondary N) is 1. The zero-order chi connectivity index (χ0) is 17.0. The number of H-pyrrole nitrogens is 1. The Bertz CT molecular complexity index is 543. The molecule has 2 rings (SSSR count). The molecule has 1 aromatic heterocycles. The maximum absolute atomic E-state index is 12.0. The number of rotatable bonds is 5. The van der Waals surface area contributed by atoms with E-state index in [4.69, 9.17) is 4.74 Å². The van der Waals surface area contributed by atoms with Crippen LogP contribution in [0.2, 0.25) is 0 Å². The number of imidazole rings is 1. The van der Waals surface area contributed by atoms with E-state index in [1.54, 1.807) is 14.1 Å². The van der Waals surface area contributed by atoms with E-state index in [-0.39, 0.29) is 18.9 Å². The minimum atomic E-state index is -1.16. The maximum Gasteiger partial charge on any atom is 0.225 e. The van der Waals surface area contributed by atoms with Gasteiger partial charge in [-0.25, -0.2) is 4.98 Å². The molecule has 7 heteroatoms. The second kappa shape index (κ2) is 7.42. The van der Waals surface area contributed by atoms with Crippen molar-refractivity contribution in [1.82, 2.24) is 19.8 Å². The van der Waals surface area contributed by atoms with Crippen molar-refractivity contribution in [3.63, 3.8) is 0 Å². The van der Waals surface area contributed by atoms with E-state index >= 15 is 0 Å². The molecule has 7 nitrogen and oxygen atoms in total. The van der Waals surface area contributed by atoms with E-state index in [2.05, 4.69) is 21.8 Å². The SMILES string of the molecule is CCc1nc(CN2CCOC[C@](O)(CC(=O)N(C)C)C2)c(C)[nH]1. The number of aryl methyl sites for hydroxylation is 2. The monoisotopic (exact) mass is 324 g/mol. The average Bonchev–Trinajstić information content (AvgIpc) is 2.72. The van der Waals surface area contributed by atoms with Gasteiger partial charge in [-0.1, -0.05) is 6.92 Å². The van der Waals surface area contributed by atoms with Crippen LogP contribution in [0.25, 0.3) is 0 Å². The van der Waals surface area contributed by atoms with Crippen LogP contribution in [0.5, 0.6) is 0 Å². The first-order valence-corrected chi connectivity index (χ1v) is 8.10. The van der Waals surface area contributed by atoms with Crippen LogP contribution in [0.15, 0.2) is 0 Å². The second-order valence-electron chi connectivity index (χ2n) is 6.56. The van der Waals surface area contributed by atoms with Crippen molar-refractivity contribution < 1.29 is 14.6 Å². The molecular formula is C16H28N4O3. The number of aromatic amines is 1. The minimum Gasteiger partial charge on any atom is -0.386 e. The number of β-amino-alcohol motifs (C(OH)–C–C–N with tert-alkyl or cyclic N) is 1. The molecule has 1 aliphatic heterocycles. The van der Waals surface area contributed by atoms with Crippen LogP contribution in [-0.4, -0.2) is 76.8 Å². The van der Waals surface area contributed by atoms with Crippen LogP contribution in [0.3, 0.4) is 0 Å². The summed E-state index contributed by atoms with van der Waals surface area (Å²) in [4.78, 5) is 23.4. The lowest BCUT2D eigenvalue weighted by Gasteiger charge is -2.30. The van der Waals surface area contributed by atoms with Crippen molar-refractivity contribution in [3.8, 4) is 0 Å². The lowest BCUT2D eigenvalue weighted by atomic mass is 9.99. The highest BCUT2D eigenvalue weighted by Gasteiger charge is 2.35. The summed E-state index contributed by atoms with van der Waals surface area (Å²) >= 11 is 0. The van der Waals surface area contributed by atoms with Gasteiger partial charge in [0.2, 0.25) is 5.91 Å². The highest BCUT2D eigenvalue weighted by molar-refractivity contribution is 5.76. The van der Waals surface area contributed by atoms with Crippen molar-refractivity contribution >= 4 is 5.91 Å². The van der Waals surface area contributed by atoms with Gasteiger partial charge in [-0.2, -0.15) is 0 Å². The number of hydrogen-bond donors (Lipinski definition) is 2. The maximum atomic E-state index is 12.0. The molecule has 1 fully saturated rings. The lowest BCUT2D eigenvalue weighted by Crippen LogP contribution is -2.47. The molecule has 1 aliphatic rings. The second-order valence-corrected chi connectivity index (χ2v) is 6.56. The Kier molecular flexibility index (Phi) is 5.78. The van der Waals surface area contributed by atoms with Crippen LogP contribution < -0.4 is 0 Å². The first-order valence-electron chi connectivity index (χ1n) is 8.10. The number of ether oxygens (including phenoxy) is 1. The van der Waals surface area contributed by atoms with Gasteiger partial charge in [0.1, 0.15) is 11.4 Å². The number of aromatic nitrogens is 2. The van der Waals surface area contributed by atoms with E-state index in [0.29, 0.717) is 26.2 Å². The smallest absolute Gasteiger partial charge is 0.225 e. The minimum absolute atomic E-state index is 0.0657. The first-order chi connectivity index (χ1) is 10.8. The Labute approximate surface area is 137 Å². The Morgan fingerprint density at radius 1 is 1.52 bits per heavy atom. The number of amides is 1. The van der Waals surface area contributed by atoms with E-state index in [1.807, 2.05) is 6.92 Å². The Morgan fingerprint density at radius 2 is 2.26 bits per heavy atom. The summed E-state index contributed by atoms with van der Waals surface area (Å²) in [5, 5.41) is 10.8. The van der Waals surface area contributed by atoms with Crippen molar-refractivity contribution in [2.24, 2.45) is 0 Å². The molecule has 0 radical (unpaired) electrons. The average molecular weight is 324 g/mol. The fourth-order valence-electron chi connectivity index (χ4n) is 2.77. The van der Waals surface area contributed by atoms with Gasteiger partial charge in [0.15, 0.2) is 0 Å². The Morgan fingerprint density at radius 3 is 2.87 bits per heavy atom. The molecule has 0 aromatic carbocycles. The number of nitrogens with zero attached hydrogens (tertiary/aromatic N) is 3. The molecule has 0 aliphatic carbocycles. The van der Waals surface area contributed by atoms with Crippen LogP contribution >= 0.6 is 0 Å². The summed E-state index contributed by atoms with van der Waals surface area (Å²) in [5.74, 6) is 0.879. The van der Waals surface area contributed by atoms with E-state index in [1.165, 1.54) is 4.90 Å². The molecule has 2 heterocycles. The van der Waals surface area contributed by atoms with E-state index < -0.39 is 5.60 Å². The summed E-state index contributed by atoms with van der Waals surface area (Å²) < 4.78 is 5.52. The zero-order valence-corrected chi connectivity index (χ0v) is 14.6. The van der Waals surface area contributed by atoms with E-state index in [0.717, 1.165) is 23.6 Å². The van der Waals surface area contributed by atoms with Crippen molar-refractivity contribution in [1.29, 1.82) is 0 Å². The number of aliphatic hydroxyl groups is 1. The largest absolute Gasteiger partial charge is 0.386 e. The highest BCUT2D eigenvalue weighted by Crippen LogP contribution is 2.20. The molecule has 1 aromatic rings. The third kappa shape index (κ3) is 4.76. The highest BCUT2D eigenvalue weighted by atomic mass is 16.5. The Hall–Kier alpha value is -1.44. The summed E-state index contributed by atoms with van der Waals surface area (Å²) in [5.41, 5.74) is 0.889. The quantitative estimate of drug-likeness (QED) is 0.815. The molecule has 1 atom stereocenters. The molecular weight excluding hydrogens is 296 g/mol. The molecule has 2 N–H and O–H groups in total. The molecule has 130 valence electrons. The first kappa shape index (κ1) is 17.9. The molecule has 1 saturated heterocycles. The van der Waals surface area contributed by atoms with Gasteiger partial charge in [-0.3, -0.25) is 9.69 Å². The predicted molar refractivity (Wildman–Crippen MR) is 87.1 cm³/mol. The third-order valence-electron chi connectivity index (χ3n) is 4.16. The standard InChI is InChI=1S/C16H28N4O3/c1-5-14-17-12(2)13(18-14)9-20-6-7-23-11-16(22,10-20)8-15(21)19(3)4/h22H,5-11H2,1-4H3,(H,17,18)/t16-/m0/s1. The lowest BCUT2D eigenvalue weighted by molar-refractivity contribution is -0.136. The predicted octanol–water partition coefficient (Wildman–Crippen LogP) is 0.322. The summed E-state index contributed by atoms with van der Waals surface area (Å²) in [6, 6.07) is 0. The fraction of sp³-hybridized carbons (Fsp3) is 0.750. The molecule has 0 saturated carbocycles. The van der Waals surface area contributed by atoms with Gasteiger partial charge in [0.25, 0.3) is 0 Å². The van der Waals surface area contributed by atoms with Crippen LogP contribution in [0, 0.1) is 6.92 Å². The van der Waals surface area contributed by atoms with Crippen molar-refractivity contribution in [2.75, 3.05) is 40.4 Å². The summed E-state index contributed by atoms with van der Waals surface area (Å²) in [7, 11) is 3.39. The number of carbonyl (C=O) groups excluding carboxylic acids is 1. The van der Waals surface area contributed by atoms with Gasteiger partial charge in [0, 0.05) is 45.8 Å². The van der Waals surface area contributed by atoms with Crippen LogP contribution in [0.4, 0.5) is 0 Å². The normalized spacial score (nSPS) is 22.8. The molecule has 0 spiro atoms.